The van der Waals surface area contributed by atoms with Crippen LogP contribution in [0.1, 0.15) is 12.8 Å². The summed E-state index contributed by atoms with van der Waals surface area (Å²) in [6.07, 6.45) is 4.13. The third kappa shape index (κ3) is 2.66. The van der Waals surface area contributed by atoms with Gasteiger partial charge in [-0.2, -0.15) is 0 Å². The van der Waals surface area contributed by atoms with Gasteiger partial charge in [0.15, 0.2) is 0 Å². The SMILES string of the molecule is NCC1CCCN1c1nccc(-c2cc(Br)cs2)n1. The first-order valence-electron chi connectivity index (χ1n) is 6.32. The monoisotopic (exact) mass is 338 g/mol. The Labute approximate surface area is 124 Å². The van der Waals surface area contributed by atoms with Crippen molar-refractivity contribution in [3.63, 3.8) is 0 Å². The van der Waals surface area contributed by atoms with Crippen LogP contribution in [-0.2, 0) is 0 Å². The Kier molecular flexibility index (Phi) is 3.81. The van der Waals surface area contributed by atoms with E-state index in [4.69, 9.17) is 5.73 Å². The fraction of sp³-hybridized carbons (Fsp3) is 0.385. The Morgan fingerprint density at radius 2 is 2.42 bits per heavy atom. The van der Waals surface area contributed by atoms with E-state index >= 15 is 0 Å². The second-order valence-electron chi connectivity index (χ2n) is 4.60. The smallest absolute Gasteiger partial charge is 0.226 e. The highest BCUT2D eigenvalue weighted by molar-refractivity contribution is 9.10. The number of anilines is 1. The van der Waals surface area contributed by atoms with Gasteiger partial charge < -0.3 is 10.6 Å². The first-order valence-corrected chi connectivity index (χ1v) is 7.99. The molecule has 0 aliphatic carbocycles. The molecule has 6 heteroatoms. The number of hydrogen-bond acceptors (Lipinski definition) is 5. The van der Waals surface area contributed by atoms with E-state index in [2.05, 4.69) is 42.2 Å². The minimum atomic E-state index is 0.380. The van der Waals surface area contributed by atoms with Crippen molar-refractivity contribution < 1.29 is 0 Å². The third-order valence-electron chi connectivity index (χ3n) is 3.37. The van der Waals surface area contributed by atoms with Gasteiger partial charge in [0.25, 0.3) is 0 Å². The minimum absolute atomic E-state index is 0.380. The van der Waals surface area contributed by atoms with Gasteiger partial charge in [0, 0.05) is 35.2 Å². The highest BCUT2D eigenvalue weighted by atomic mass is 79.9. The fourth-order valence-corrected chi connectivity index (χ4v) is 3.81. The van der Waals surface area contributed by atoms with Crippen LogP contribution in [0.15, 0.2) is 28.2 Å². The second kappa shape index (κ2) is 5.56. The Hall–Kier alpha value is -0.980. The number of halogens is 1. The van der Waals surface area contributed by atoms with Crippen LogP contribution in [0.5, 0.6) is 0 Å². The summed E-state index contributed by atoms with van der Waals surface area (Å²) in [5.41, 5.74) is 6.79. The van der Waals surface area contributed by atoms with Crippen LogP contribution < -0.4 is 10.6 Å². The molecule has 2 aromatic rings. The summed E-state index contributed by atoms with van der Waals surface area (Å²) in [4.78, 5) is 12.5. The Morgan fingerprint density at radius 1 is 1.53 bits per heavy atom. The van der Waals surface area contributed by atoms with E-state index in [1.807, 2.05) is 12.3 Å². The van der Waals surface area contributed by atoms with E-state index in [-0.39, 0.29) is 0 Å². The van der Waals surface area contributed by atoms with Crippen LogP contribution >= 0.6 is 27.3 Å². The summed E-state index contributed by atoms with van der Waals surface area (Å²) in [5.74, 6) is 0.801. The maximum absolute atomic E-state index is 5.81. The van der Waals surface area contributed by atoms with Crippen LogP contribution in [0.3, 0.4) is 0 Å². The summed E-state index contributed by atoms with van der Waals surface area (Å²) in [6, 6.07) is 4.42. The molecule has 1 aliphatic heterocycles. The number of hydrogen-bond donors (Lipinski definition) is 1. The molecule has 1 unspecified atom stereocenters. The molecule has 1 atom stereocenters. The molecular weight excluding hydrogens is 324 g/mol. The molecule has 0 saturated carbocycles. The summed E-state index contributed by atoms with van der Waals surface area (Å²) in [5, 5.41) is 2.07. The van der Waals surface area contributed by atoms with E-state index in [0.717, 1.165) is 34.0 Å². The first-order chi connectivity index (χ1) is 9.28. The molecule has 0 amide bonds. The minimum Gasteiger partial charge on any atom is -0.337 e. The van der Waals surface area contributed by atoms with E-state index < -0.39 is 0 Å². The van der Waals surface area contributed by atoms with E-state index in [1.165, 1.54) is 6.42 Å². The van der Waals surface area contributed by atoms with E-state index in [0.29, 0.717) is 12.6 Å². The largest absolute Gasteiger partial charge is 0.337 e. The first kappa shape index (κ1) is 13.0. The molecule has 4 nitrogen and oxygen atoms in total. The number of nitrogens with zero attached hydrogens (tertiary/aromatic N) is 3. The molecule has 2 aromatic heterocycles. The number of rotatable bonds is 3. The summed E-state index contributed by atoms with van der Waals surface area (Å²) in [6.45, 7) is 1.66. The molecule has 0 aromatic carbocycles. The Bertz CT molecular complexity index is 571. The van der Waals surface area contributed by atoms with Gasteiger partial charge in [-0.25, -0.2) is 9.97 Å². The van der Waals surface area contributed by atoms with Crippen LogP contribution in [-0.4, -0.2) is 29.1 Å². The fourth-order valence-electron chi connectivity index (χ4n) is 2.42. The lowest BCUT2D eigenvalue weighted by atomic mass is 10.2. The molecule has 19 heavy (non-hydrogen) atoms. The van der Waals surface area contributed by atoms with Gasteiger partial charge >= 0.3 is 0 Å². The van der Waals surface area contributed by atoms with Crippen LogP contribution in [0.25, 0.3) is 10.6 Å². The lowest BCUT2D eigenvalue weighted by Crippen LogP contribution is -2.36. The maximum Gasteiger partial charge on any atom is 0.226 e. The quantitative estimate of drug-likeness (QED) is 0.934. The molecule has 1 fully saturated rings. The normalized spacial score (nSPS) is 19.1. The summed E-state index contributed by atoms with van der Waals surface area (Å²) >= 11 is 5.16. The van der Waals surface area contributed by atoms with Gasteiger partial charge in [-0.1, -0.05) is 0 Å². The lowest BCUT2D eigenvalue weighted by molar-refractivity contribution is 0.664. The zero-order chi connectivity index (χ0) is 13.2. The van der Waals surface area contributed by atoms with Crippen molar-refractivity contribution in [2.75, 3.05) is 18.0 Å². The Balaban J connectivity index is 1.91. The molecule has 0 bridgehead atoms. The van der Waals surface area contributed by atoms with Crippen LogP contribution in [0.4, 0.5) is 5.95 Å². The van der Waals surface area contributed by atoms with Gasteiger partial charge in [-0.3, -0.25) is 0 Å². The zero-order valence-corrected chi connectivity index (χ0v) is 12.8. The van der Waals surface area contributed by atoms with Crippen molar-refractivity contribution in [1.29, 1.82) is 0 Å². The molecule has 3 heterocycles. The molecule has 0 radical (unpaired) electrons. The topological polar surface area (TPSA) is 55.0 Å². The average Bonchev–Trinajstić information content (AvgIpc) is 3.07. The van der Waals surface area contributed by atoms with Gasteiger partial charge in [0.2, 0.25) is 5.95 Å². The number of thiophene rings is 1. The van der Waals surface area contributed by atoms with E-state index in [9.17, 15) is 0 Å². The van der Waals surface area contributed by atoms with Gasteiger partial charge in [0.1, 0.15) is 0 Å². The van der Waals surface area contributed by atoms with E-state index in [1.54, 1.807) is 11.3 Å². The second-order valence-corrected chi connectivity index (χ2v) is 6.42. The molecule has 3 rings (SSSR count). The molecule has 100 valence electrons. The molecule has 1 aliphatic rings. The number of nitrogens with two attached hydrogens (primary N) is 1. The van der Waals surface area contributed by atoms with Crippen molar-refractivity contribution in [1.82, 2.24) is 9.97 Å². The average molecular weight is 339 g/mol. The van der Waals surface area contributed by atoms with Crippen molar-refractivity contribution in [2.24, 2.45) is 5.73 Å². The van der Waals surface area contributed by atoms with Crippen molar-refractivity contribution in [3.05, 3.63) is 28.2 Å². The van der Waals surface area contributed by atoms with Gasteiger partial charge in [-0.05, 0) is 40.9 Å². The third-order valence-corrected chi connectivity index (χ3v) is 5.08. The predicted molar refractivity (Wildman–Crippen MR) is 82.5 cm³/mol. The molecular formula is C13H15BrN4S. The van der Waals surface area contributed by atoms with Crippen LogP contribution in [0, 0.1) is 0 Å². The predicted octanol–water partition coefficient (Wildman–Crippen LogP) is 2.90. The van der Waals surface area contributed by atoms with Crippen molar-refractivity contribution >= 4 is 33.2 Å². The van der Waals surface area contributed by atoms with Gasteiger partial charge in [0.05, 0.1) is 10.6 Å². The lowest BCUT2D eigenvalue weighted by Gasteiger charge is -2.23. The highest BCUT2D eigenvalue weighted by Crippen LogP contribution is 2.30. The van der Waals surface area contributed by atoms with Crippen molar-refractivity contribution in [2.45, 2.75) is 18.9 Å². The zero-order valence-electron chi connectivity index (χ0n) is 10.4. The molecule has 2 N–H and O–H groups in total. The molecule has 0 spiro atoms. The summed E-state index contributed by atoms with van der Waals surface area (Å²) < 4.78 is 1.09. The number of aromatic nitrogens is 2. The van der Waals surface area contributed by atoms with Crippen molar-refractivity contribution in [3.8, 4) is 10.6 Å². The highest BCUT2D eigenvalue weighted by Gasteiger charge is 2.25. The maximum atomic E-state index is 5.81. The standard InChI is InChI=1S/C13H15BrN4S/c14-9-6-12(19-8-9)11-3-4-16-13(17-11)18-5-1-2-10(18)7-15/h3-4,6,8,10H,1-2,5,7,15H2. The van der Waals surface area contributed by atoms with Crippen LogP contribution in [0.2, 0.25) is 0 Å². The van der Waals surface area contributed by atoms with Gasteiger partial charge in [-0.15, -0.1) is 11.3 Å². The Morgan fingerprint density at radius 3 is 3.16 bits per heavy atom. The molecule has 1 saturated heterocycles. The summed E-state index contributed by atoms with van der Waals surface area (Å²) in [7, 11) is 0.